The fourth-order valence-electron chi connectivity index (χ4n) is 1.85. The van der Waals surface area contributed by atoms with E-state index in [0.717, 1.165) is 12.5 Å². The van der Waals surface area contributed by atoms with Gasteiger partial charge in [-0.25, -0.2) is 8.78 Å². The first-order chi connectivity index (χ1) is 7.29. The molecule has 1 nitrogen and oxygen atoms in total. The largest absolute Gasteiger partial charge is 0.327 e. The van der Waals surface area contributed by atoms with Gasteiger partial charge in [0.2, 0.25) is 0 Å². The molecule has 0 heterocycles. The molecule has 1 unspecified atom stereocenters. The Morgan fingerprint density at radius 3 is 2.44 bits per heavy atom. The molecular formula is C13H19F2N. The first kappa shape index (κ1) is 13.1. The Morgan fingerprint density at radius 1 is 1.25 bits per heavy atom. The van der Waals surface area contributed by atoms with E-state index in [4.69, 9.17) is 5.73 Å². The van der Waals surface area contributed by atoms with Gasteiger partial charge < -0.3 is 5.73 Å². The predicted molar refractivity (Wildman–Crippen MR) is 62.1 cm³/mol. The van der Waals surface area contributed by atoms with Gasteiger partial charge in [0.15, 0.2) is 11.6 Å². The Kier molecular flexibility index (Phi) is 4.03. The molecule has 0 bridgehead atoms. The van der Waals surface area contributed by atoms with E-state index in [1.165, 1.54) is 6.07 Å². The molecule has 0 saturated carbocycles. The molecule has 3 heteroatoms. The topological polar surface area (TPSA) is 26.0 Å². The van der Waals surface area contributed by atoms with Crippen molar-refractivity contribution in [2.24, 2.45) is 11.1 Å². The van der Waals surface area contributed by atoms with Crippen molar-refractivity contribution >= 4 is 0 Å². The van der Waals surface area contributed by atoms with Gasteiger partial charge in [0.05, 0.1) is 0 Å². The minimum absolute atomic E-state index is 0.100. The quantitative estimate of drug-likeness (QED) is 0.842. The van der Waals surface area contributed by atoms with Crippen LogP contribution < -0.4 is 5.73 Å². The molecule has 1 rings (SSSR count). The predicted octanol–water partition coefficient (Wildman–Crippen LogP) is 3.27. The van der Waals surface area contributed by atoms with Crippen molar-refractivity contribution in [3.05, 3.63) is 35.4 Å². The lowest BCUT2D eigenvalue weighted by molar-refractivity contribution is 0.336. The lowest BCUT2D eigenvalue weighted by Gasteiger charge is -2.23. The standard InChI is InChI=1S/C13H19F2N/c1-13(2,3)8-10(16)7-9-5-4-6-11(14)12(9)15/h4-6,10H,7-8,16H2,1-3H3. The zero-order chi connectivity index (χ0) is 12.3. The first-order valence-corrected chi connectivity index (χ1v) is 5.48. The molecule has 0 aliphatic carbocycles. The lowest BCUT2D eigenvalue weighted by atomic mass is 9.86. The van der Waals surface area contributed by atoms with Gasteiger partial charge >= 0.3 is 0 Å². The van der Waals surface area contributed by atoms with Crippen molar-refractivity contribution in [1.82, 2.24) is 0 Å². The van der Waals surface area contributed by atoms with Crippen molar-refractivity contribution in [3.63, 3.8) is 0 Å². The molecule has 0 spiro atoms. The summed E-state index contributed by atoms with van der Waals surface area (Å²) in [7, 11) is 0. The molecule has 0 saturated heterocycles. The van der Waals surface area contributed by atoms with E-state index < -0.39 is 11.6 Å². The van der Waals surface area contributed by atoms with Crippen LogP contribution >= 0.6 is 0 Å². The van der Waals surface area contributed by atoms with E-state index in [2.05, 4.69) is 20.8 Å². The second kappa shape index (κ2) is 4.91. The Hall–Kier alpha value is -0.960. The number of halogens is 2. The number of benzene rings is 1. The number of rotatable bonds is 3. The summed E-state index contributed by atoms with van der Waals surface area (Å²) in [5, 5.41) is 0. The Labute approximate surface area is 95.7 Å². The maximum absolute atomic E-state index is 13.4. The van der Waals surface area contributed by atoms with Crippen molar-refractivity contribution < 1.29 is 8.78 Å². The van der Waals surface area contributed by atoms with Crippen LogP contribution in [0.3, 0.4) is 0 Å². The highest BCUT2D eigenvalue weighted by Crippen LogP contribution is 2.22. The SMILES string of the molecule is CC(C)(C)CC(N)Cc1cccc(F)c1F. The zero-order valence-corrected chi connectivity index (χ0v) is 10.1. The molecule has 0 fully saturated rings. The van der Waals surface area contributed by atoms with Gasteiger partial charge in [0, 0.05) is 6.04 Å². The van der Waals surface area contributed by atoms with Gasteiger partial charge in [0.1, 0.15) is 0 Å². The molecule has 1 aromatic carbocycles. The fourth-order valence-corrected chi connectivity index (χ4v) is 1.85. The van der Waals surface area contributed by atoms with Crippen LogP contribution in [-0.2, 0) is 6.42 Å². The maximum Gasteiger partial charge on any atom is 0.162 e. The van der Waals surface area contributed by atoms with E-state index in [1.807, 2.05) is 0 Å². The van der Waals surface area contributed by atoms with Crippen molar-refractivity contribution in [1.29, 1.82) is 0 Å². The highest BCUT2D eigenvalue weighted by Gasteiger charge is 2.18. The number of hydrogen-bond acceptors (Lipinski definition) is 1. The molecule has 0 amide bonds. The van der Waals surface area contributed by atoms with Gasteiger partial charge in [-0.3, -0.25) is 0 Å². The summed E-state index contributed by atoms with van der Waals surface area (Å²) < 4.78 is 26.3. The zero-order valence-electron chi connectivity index (χ0n) is 10.1. The van der Waals surface area contributed by atoms with Crippen LogP contribution in [-0.4, -0.2) is 6.04 Å². The van der Waals surface area contributed by atoms with E-state index >= 15 is 0 Å². The number of hydrogen-bond donors (Lipinski definition) is 1. The smallest absolute Gasteiger partial charge is 0.162 e. The fraction of sp³-hybridized carbons (Fsp3) is 0.538. The van der Waals surface area contributed by atoms with E-state index in [9.17, 15) is 8.78 Å². The third-order valence-corrected chi connectivity index (χ3v) is 2.39. The second-order valence-electron chi connectivity index (χ2n) is 5.44. The van der Waals surface area contributed by atoms with Crippen LogP contribution in [0, 0.1) is 17.0 Å². The van der Waals surface area contributed by atoms with Crippen LogP contribution in [0.1, 0.15) is 32.8 Å². The maximum atomic E-state index is 13.4. The van der Waals surface area contributed by atoms with Crippen LogP contribution in [0.2, 0.25) is 0 Å². The molecular weight excluding hydrogens is 208 g/mol. The van der Waals surface area contributed by atoms with Crippen LogP contribution in [0.5, 0.6) is 0 Å². The summed E-state index contributed by atoms with van der Waals surface area (Å²) >= 11 is 0. The first-order valence-electron chi connectivity index (χ1n) is 5.48. The minimum atomic E-state index is -0.805. The summed E-state index contributed by atoms with van der Waals surface area (Å²) in [4.78, 5) is 0. The van der Waals surface area contributed by atoms with E-state index in [-0.39, 0.29) is 11.5 Å². The van der Waals surface area contributed by atoms with Gasteiger partial charge in [-0.2, -0.15) is 0 Å². The molecule has 0 aliphatic heterocycles. The molecule has 0 radical (unpaired) electrons. The van der Waals surface area contributed by atoms with Crippen LogP contribution in [0.4, 0.5) is 8.78 Å². The molecule has 16 heavy (non-hydrogen) atoms. The minimum Gasteiger partial charge on any atom is -0.327 e. The average molecular weight is 227 g/mol. The highest BCUT2D eigenvalue weighted by molar-refractivity contribution is 5.19. The third kappa shape index (κ3) is 3.89. The second-order valence-corrected chi connectivity index (χ2v) is 5.44. The molecule has 0 aromatic heterocycles. The molecule has 1 aromatic rings. The van der Waals surface area contributed by atoms with Crippen molar-refractivity contribution in [2.45, 2.75) is 39.7 Å². The Balaban J connectivity index is 2.70. The highest BCUT2D eigenvalue weighted by atomic mass is 19.2. The average Bonchev–Trinajstić information content (AvgIpc) is 2.09. The summed E-state index contributed by atoms with van der Waals surface area (Å²) in [6.07, 6.45) is 1.16. The van der Waals surface area contributed by atoms with Crippen LogP contribution in [0.25, 0.3) is 0 Å². The normalized spacial score (nSPS) is 13.9. The molecule has 1 atom stereocenters. The van der Waals surface area contributed by atoms with Gasteiger partial charge in [0.25, 0.3) is 0 Å². The van der Waals surface area contributed by atoms with Gasteiger partial charge in [-0.05, 0) is 29.9 Å². The summed E-state index contributed by atoms with van der Waals surface area (Å²) in [6.45, 7) is 6.23. The third-order valence-electron chi connectivity index (χ3n) is 2.39. The van der Waals surface area contributed by atoms with Crippen LogP contribution in [0.15, 0.2) is 18.2 Å². The molecule has 0 aliphatic rings. The molecule has 90 valence electrons. The van der Waals surface area contributed by atoms with Gasteiger partial charge in [-0.15, -0.1) is 0 Å². The lowest BCUT2D eigenvalue weighted by Crippen LogP contribution is -2.28. The van der Waals surface area contributed by atoms with Gasteiger partial charge in [-0.1, -0.05) is 32.9 Å². The van der Waals surface area contributed by atoms with E-state index in [1.54, 1.807) is 6.07 Å². The Morgan fingerprint density at radius 2 is 1.88 bits per heavy atom. The van der Waals surface area contributed by atoms with E-state index in [0.29, 0.717) is 12.0 Å². The Bertz CT molecular complexity index is 355. The summed E-state index contributed by atoms with van der Waals surface area (Å²) in [5.41, 5.74) is 6.38. The van der Waals surface area contributed by atoms with Crippen molar-refractivity contribution in [2.75, 3.05) is 0 Å². The number of nitrogens with two attached hydrogens (primary N) is 1. The summed E-state index contributed by atoms with van der Waals surface area (Å²) in [6, 6.07) is 4.07. The summed E-state index contributed by atoms with van der Waals surface area (Å²) in [5.74, 6) is -1.58. The monoisotopic (exact) mass is 227 g/mol. The molecule has 2 N–H and O–H groups in total. The van der Waals surface area contributed by atoms with Crippen molar-refractivity contribution in [3.8, 4) is 0 Å².